The number of hydrogen-bond acceptors (Lipinski definition) is 10. The molecule has 0 saturated carbocycles. The molecule has 4 heterocycles. The number of anilines is 4. The van der Waals surface area contributed by atoms with Gasteiger partial charge in [0.1, 0.15) is 17.4 Å². The fraction of sp³-hybridized carbons (Fsp3) is 0.512. The first kappa shape index (κ1) is 43.4. The van der Waals surface area contributed by atoms with Gasteiger partial charge in [-0.05, 0) is 89.5 Å². The molecule has 1 aromatic carbocycles. The molecule has 1 fully saturated rings. The normalized spacial score (nSPS) is 16.6. The van der Waals surface area contributed by atoms with Crippen molar-refractivity contribution in [2.24, 2.45) is 17.8 Å². The molecule has 5 amide bonds. The van der Waals surface area contributed by atoms with Gasteiger partial charge in [-0.25, -0.2) is 9.78 Å². The van der Waals surface area contributed by atoms with E-state index in [-0.39, 0.29) is 48.3 Å². The van der Waals surface area contributed by atoms with Crippen molar-refractivity contribution < 1.29 is 28.8 Å². The van der Waals surface area contributed by atoms with Crippen LogP contribution in [-0.4, -0.2) is 86.4 Å². The molecule has 0 unspecified atom stereocenters. The van der Waals surface area contributed by atoms with Crippen LogP contribution >= 0.6 is 0 Å². The van der Waals surface area contributed by atoms with Crippen molar-refractivity contribution in [1.82, 2.24) is 30.5 Å². The number of fused-ring (bicyclic) bond motifs is 1. The third-order valence-electron chi connectivity index (χ3n) is 10.9. The molecule has 1 saturated heterocycles. The molecule has 58 heavy (non-hydrogen) atoms. The second-order valence-corrected chi connectivity index (χ2v) is 16.8. The van der Waals surface area contributed by atoms with Crippen LogP contribution in [0.15, 0.2) is 42.7 Å². The third kappa shape index (κ3) is 9.86. The number of nitrogens with zero attached hydrogens (tertiary/aromatic N) is 6. The summed E-state index contributed by atoms with van der Waals surface area (Å²) in [7, 11) is 1.64. The second kappa shape index (κ2) is 17.8. The number of likely N-dealkylation sites (tertiary alicyclic amines) is 1. The highest BCUT2D eigenvalue weighted by molar-refractivity contribution is 6.07. The number of aromatic nitrogens is 3. The molecule has 0 aliphatic carbocycles. The molecule has 310 valence electrons. The number of ketones is 2. The van der Waals surface area contributed by atoms with Gasteiger partial charge >= 0.3 is 6.03 Å². The Bertz CT molecular complexity index is 2070. The maximum absolute atomic E-state index is 14.2. The van der Waals surface area contributed by atoms with Crippen LogP contribution in [0.1, 0.15) is 101 Å². The number of benzene rings is 1. The summed E-state index contributed by atoms with van der Waals surface area (Å²) in [5.74, 6) is -1.69. The number of pyridine rings is 1. The zero-order valence-electron chi connectivity index (χ0n) is 35.3. The third-order valence-corrected chi connectivity index (χ3v) is 10.9. The molecule has 2 aliphatic rings. The largest absolute Gasteiger partial charge is 0.344 e. The lowest BCUT2D eigenvalue weighted by atomic mass is 9.87. The van der Waals surface area contributed by atoms with E-state index < -0.39 is 35.4 Å². The maximum atomic E-state index is 14.2. The Balaban J connectivity index is 1.28. The number of carbonyl (C=O) groups excluding carboxylic acids is 6. The van der Waals surface area contributed by atoms with E-state index in [1.54, 1.807) is 56.4 Å². The van der Waals surface area contributed by atoms with Crippen LogP contribution in [0, 0.1) is 31.6 Å². The molecule has 5 rings (SSSR count). The van der Waals surface area contributed by atoms with E-state index in [9.17, 15) is 28.8 Å². The van der Waals surface area contributed by atoms with Crippen molar-refractivity contribution in [3.05, 3.63) is 65.1 Å². The van der Waals surface area contributed by atoms with Gasteiger partial charge < -0.3 is 20.9 Å². The number of carbonyl (C=O) groups is 6. The first-order valence-corrected chi connectivity index (χ1v) is 20.0. The van der Waals surface area contributed by atoms with Crippen LogP contribution in [0.2, 0.25) is 0 Å². The SMILES string of the molecule is CC(=O)[C@H](CC(C)C)NC(=O)C(C)(C)NC(=O)[C@H]1CCCN1C(=O)[C@@H](CC(=O)c1ccc(C)c(N2Cc3cnc(Nc4ccc(C)nc4)nc3N(C)C2=O)c1)C(C)C. The predicted octanol–water partition coefficient (Wildman–Crippen LogP) is 5.66. The van der Waals surface area contributed by atoms with Crippen molar-refractivity contribution in [1.29, 1.82) is 0 Å². The standard InChI is InChI=1S/C43H57N9O6/c1-24(2)18-33(28(7)53)47-40(57)43(8,9)49-38(55)34-12-11-17-51(34)39(56)32(25(3)4)20-36(54)29-15-13-26(5)35(19-29)52-23-30-21-45-41(48-37(30)50(10)42(52)58)46-31-16-14-27(6)44-22-31/h13-16,19,21-22,24-25,32-34H,11-12,17-18,20,23H2,1-10H3,(H,47,57)(H,49,55)(H,45,46,48)/t32-,33-,34+/m0/s1. The summed E-state index contributed by atoms with van der Waals surface area (Å²) in [6.07, 6.45) is 4.72. The zero-order chi connectivity index (χ0) is 42.6. The first-order valence-electron chi connectivity index (χ1n) is 20.0. The van der Waals surface area contributed by atoms with Gasteiger partial charge in [0.25, 0.3) is 0 Å². The van der Waals surface area contributed by atoms with Crippen molar-refractivity contribution >= 4 is 58.5 Å². The van der Waals surface area contributed by atoms with E-state index in [1.807, 2.05) is 53.7 Å². The van der Waals surface area contributed by atoms with E-state index in [2.05, 4.69) is 30.9 Å². The Hall–Kier alpha value is -5.73. The molecule has 2 aromatic heterocycles. The molecule has 2 aliphatic heterocycles. The molecule has 15 heteroatoms. The van der Waals surface area contributed by atoms with E-state index in [0.717, 1.165) is 16.8 Å². The number of hydrogen-bond donors (Lipinski definition) is 3. The highest BCUT2D eigenvalue weighted by atomic mass is 16.2. The highest BCUT2D eigenvalue weighted by Gasteiger charge is 2.42. The summed E-state index contributed by atoms with van der Waals surface area (Å²) >= 11 is 0. The van der Waals surface area contributed by atoms with Crippen molar-refractivity contribution in [3.8, 4) is 0 Å². The second-order valence-electron chi connectivity index (χ2n) is 16.8. The number of nitrogens with one attached hydrogen (secondary N) is 3. The topological polar surface area (TPSA) is 187 Å². The number of urea groups is 1. The zero-order valence-corrected chi connectivity index (χ0v) is 35.3. The number of amides is 5. The smallest absolute Gasteiger partial charge is 0.330 e. The molecule has 0 bridgehead atoms. The molecular weight excluding hydrogens is 739 g/mol. The summed E-state index contributed by atoms with van der Waals surface area (Å²) < 4.78 is 0. The molecule has 15 nitrogen and oxygen atoms in total. The number of Topliss-reactive ketones (excluding diaryl/α,β-unsaturated/α-hetero) is 2. The minimum Gasteiger partial charge on any atom is -0.344 e. The van der Waals surface area contributed by atoms with Gasteiger partial charge in [-0.15, -0.1) is 0 Å². The number of aryl methyl sites for hydroxylation is 2. The summed E-state index contributed by atoms with van der Waals surface area (Å²) in [4.78, 5) is 99.1. The molecular formula is C43H57N9O6. The van der Waals surface area contributed by atoms with Crippen LogP contribution in [0.25, 0.3) is 0 Å². The Morgan fingerprint density at radius 3 is 2.34 bits per heavy atom. The summed E-state index contributed by atoms with van der Waals surface area (Å²) in [6.45, 7) is 16.5. The Morgan fingerprint density at radius 2 is 1.71 bits per heavy atom. The van der Waals surface area contributed by atoms with Gasteiger partial charge in [-0.3, -0.25) is 38.8 Å². The Labute approximate surface area is 340 Å². The summed E-state index contributed by atoms with van der Waals surface area (Å²) in [5, 5.41) is 8.72. The predicted molar refractivity (Wildman–Crippen MR) is 222 cm³/mol. The highest BCUT2D eigenvalue weighted by Crippen LogP contribution is 2.34. The average Bonchev–Trinajstić information content (AvgIpc) is 3.66. The van der Waals surface area contributed by atoms with Crippen LogP contribution in [0.4, 0.5) is 27.9 Å². The average molecular weight is 796 g/mol. The monoisotopic (exact) mass is 795 g/mol. The summed E-state index contributed by atoms with van der Waals surface area (Å²) in [6, 6.07) is 7.10. The van der Waals surface area contributed by atoms with E-state index >= 15 is 0 Å². The van der Waals surface area contributed by atoms with Gasteiger partial charge in [0, 0.05) is 54.6 Å². The minimum atomic E-state index is -1.35. The fourth-order valence-electron chi connectivity index (χ4n) is 7.33. The van der Waals surface area contributed by atoms with Gasteiger partial charge in [-0.2, -0.15) is 4.98 Å². The quantitative estimate of drug-likeness (QED) is 0.162. The van der Waals surface area contributed by atoms with Gasteiger partial charge in [0.05, 0.1) is 24.5 Å². The molecule has 3 atom stereocenters. The van der Waals surface area contributed by atoms with Crippen LogP contribution in [0.3, 0.4) is 0 Å². The van der Waals surface area contributed by atoms with E-state index in [4.69, 9.17) is 0 Å². The molecule has 0 radical (unpaired) electrons. The van der Waals surface area contributed by atoms with E-state index in [1.165, 1.54) is 16.7 Å². The Kier molecular flexibility index (Phi) is 13.3. The van der Waals surface area contributed by atoms with Crippen molar-refractivity contribution in [3.63, 3.8) is 0 Å². The molecule has 3 aromatic rings. The van der Waals surface area contributed by atoms with Crippen LogP contribution < -0.4 is 25.8 Å². The lowest BCUT2D eigenvalue weighted by molar-refractivity contribution is -0.144. The lowest BCUT2D eigenvalue weighted by Gasteiger charge is -2.35. The Morgan fingerprint density at radius 1 is 0.983 bits per heavy atom. The lowest BCUT2D eigenvalue weighted by Crippen LogP contribution is -2.61. The number of rotatable bonds is 15. The van der Waals surface area contributed by atoms with Crippen LogP contribution in [-0.2, 0) is 25.7 Å². The van der Waals surface area contributed by atoms with Gasteiger partial charge in [-0.1, -0.05) is 39.8 Å². The first-order chi connectivity index (χ1) is 27.3. The van der Waals surface area contributed by atoms with E-state index in [0.29, 0.717) is 54.5 Å². The van der Waals surface area contributed by atoms with Crippen molar-refractivity contribution in [2.75, 3.05) is 28.7 Å². The van der Waals surface area contributed by atoms with Gasteiger partial charge in [0.15, 0.2) is 11.6 Å². The van der Waals surface area contributed by atoms with Crippen molar-refractivity contribution in [2.45, 2.75) is 112 Å². The molecule has 3 N–H and O–H groups in total. The van der Waals surface area contributed by atoms with Gasteiger partial charge in [0.2, 0.25) is 23.7 Å². The van der Waals surface area contributed by atoms with Crippen LogP contribution in [0.5, 0.6) is 0 Å². The minimum absolute atomic E-state index is 0.100. The summed E-state index contributed by atoms with van der Waals surface area (Å²) in [5.41, 5.74) is 2.64. The fourth-order valence-corrected chi connectivity index (χ4v) is 7.33. The maximum Gasteiger partial charge on any atom is 0.330 e. The molecule has 0 spiro atoms.